The monoisotopic (exact) mass is 339 g/mol. The summed E-state index contributed by atoms with van der Waals surface area (Å²) in [5, 5.41) is 3.52. The molecule has 0 fully saturated rings. The van der Waals surface area contributed by atoms with Crippen LogP contribution in [0.15, 0.2) is 22.6 Å². The average Bonchev–Trinajstić information content (AvgIpc) is 3.06. The molecule has 2 aromatic heterocycles. The first-order valence-electron chi connectivity index (χ1n) is 7.32. The van der Waals surface area contributed by atoms with E-state index in [2.05, 4.69) is 10.1 Å². The zero-order chi connectivity index (χ0) is 17.4. The maximum Gasteiger partial charge on any atom is 0.346 e. The Balaban J connectivity index is 2.45. The summed E-state index contributed by atoms with van der Waals surface area (Å²) < 4.78 is 28.2. The van der Waals surface area contributed by atoms with Crippen molar-refractivity contribution >= 4 is 15.9 Å². The van der Waals surface area contributed by atoms with E-state index >= 15 is 0 Å². The summed E-state index contributed by atoms with van der Waals surface area (Å²) in [6.45, 7) is 8.14. The topological polar surface area (TPSA) is 90.1 Å². The summed E-state index contributed by atoms with van der Waals surface area (Å²) in [5.74, 6) is 0. The summed E-state index contributed by atoms with van der Waals surface area (Å²) in [5.41, 5.74) is 1.23. The molecule has 2 rings (SSSR count). The van der Waals surface area contributed by atoms with Crippen LogP contribution in [0, 0.1) is 13.8 Å². The predicted molar refractivity (Wildman–Crippen MR) is 84.1 cm³/mol. The number of amides is 1. The van der Waals surface area contributed by atoms with Crippen LogP contribution in [0.3, 0.4) is 0 Å². The highest BCUT2D eigenvalue weighted by Crippen LogP contribution is 2.25. The van der Waals surface area contributed by atoms with E-state index in [0.717, 1.165) is 11.0 Å². The molecular weight excluding hydrogens is 318 g/mol. The lowest BCUT2D eigenvalue weighted by Crippen LogP contribution is -2.34. The molecule has 0 atom stereocenters. The Morgan fingerprint density at radius 2 is 1.87 bits per heavy atom. The van der Waals surface area contributed by atoms with Gasteiger partial charge in [0.1, 0.15) is 6.33 Å². The van der Waals surface area contributed by atoms with Crippen LogP contribution in [0.5, 0.6) is 0 Å². The highest BCUT2D eigenvalue weighted by Gasteiger charge is 2.29. The molecule has 0 unspecified atom stereocenters. The molecule has 0 bridgehead atoms. The average molecular weight is 339 g/mol. The zero-order valence-electron chi connectivity index (χ0n) is 13.9. The highest BCUT2D eigenvalue weighted by molar-refractivity contribution is 7.91. The van der Waals surface area contributed by atoms with Crippen molar-refractivity contribution < 1.29 is 13.2 Å². The lowest BCUT2D eigenvalue weighted by molar-refractivity contribution is 0.201. The van der Waals surface area contributed by atoms with Gasteiger partial charge in [-0.1, -0.05) is 0 Å². The van der Waals surface area contributed by atoms with Crippen LogP contribution in [0.25, 0.3) is 0 Å². The van der Waals surface area contributed by atoms with Gasteiger partial charge in [-0.2, -0.15) is 4.68 Å². The van der Waals surface area contributed by atoms with E-state index in [9.17, 15) is 13.2 Å². The van der Waals surface area contributed by atoms with Crippen LogP contribution in [0.1, 0.15) is 25.1 Å². The second-order valence-electron chi connectivity index (χ2n) is 5.27. The first-order valence-corrected chi connectivity index (χ1v) is 8.80. The molecule has 0 aliphatic heterocycles. The van der Waals surface area contributed by atoms with Crippen LogP contribution >= 0.6 is 0 Å². The Kier molecular flexibility index (Phi) is 4.60. The molecule has 0 N–H and O–H groups in total. The van der Waals surface area contributed by atoms with Gasteiger partial charge in [0, 0.05) is 32.0 Å². The first-order chi connectivity index (χ1) is 10.7. The molecule has 0 aliphatic carbocycles. The highest BCUT2D eigenvalue weighted by atomic mass is 32.2. The van der Waals surface area contributed by atoms with Crippen LogP contribution in [-0.2, 0) is 16.9 Å². The lowest BCUT2D eigenvalue weighted by Gasteiger charge is -2.17. The van der Waals surface area contributed by atoms with E-state index in [0.29, 0.717) is 24.3 Å². The standard InChI is InChI=1S/C14H21N5O3S/c1-6-18(7-2)14(20)19-9-15-13(16-19)23(21,22)12-10(3)8-17(5)11(12)4/h8-9H,6-7H2,1-5H3. The quantitative estimate of drug-likeness (QED) is 0.839. The van der Waals surface area contributed by atoms with Crippen molar-refractivity contribution in [3.05, 3.63) is 23.8 Å². The van der Waals surface area contributed by atoms with Gasteiger partial charge in [0.15, 0.2) is 0 Å². The molecular formula is C14H21N5O3S. The number of nitrogens with zero attached hydrogens (tertiary/aromatic N) is 5. The van der Waals surface area contributed by atoms with Gasteiger partial charge in [0.2, 0.25) is 9.84 Å². The fourth-order valence-electron chi connectivity index (χ4n) is 2.49. The van der Waals surface area contributed by atoms with Gasteiger partial charge in [-0.25, -0.2) is 18.2 Å². The summed E-state index contributed by atoms with van der Waals surface area (Å²) in [7, 11) is -2.09. The molecule has 0 spiro atoms. The molecule has 1 amide bonds. The van der Waals surface area contributed by atoms with E-state index in [1.54, 1.807) is 31.7 Å². The molecule has 0 aromatic carbocycles. The van der Waals surface area contributed by atoms with Gasteiger partial charge in [0.25, 0.3) is 5.16 Å². The summed E-state index contributed by atoms with van der Waals surface area (Å²) >= 11 is 0. The number of hydrogen-bond acceptors (Lipinski definition) is 5. The second-order valence-corrected chi connectivity index (χ2v) is 7.05. The van der Waals surface area contributed by atoms with Gasteiger partial charge in [-0.15, -0.1) is 5.10 Å². The smallest absolute Gasteiger partial charge is 0.346 e. The van der Waals surface area contributed by atoms with Gasteiger partial charge >= 0.3 is 6.03 Å². The largest absolute Gasteiger partial charge is 0.353 e. The molecule has 2 heterocycles. The Morgan fingerprint density at radius 3 is 2.35 bits per heavy atom. The molecule has 23 heavy (non-hydrogen) atoms. The molecule has 9 heteroatoms. The number of sulfone groups is 1. The van der Waals surface area contributed by atoms with Gasteiger partial charge < -0.3 is 9.47 Å². The molecule has 8 nitrogen and oxygen atoms in total. The van der Waals surface area contributed by atoms with E-state index in [1.165, 1.54) is 4.90 Å². The maximum atomic E-state index is 12.8. The van der Waals surface area contributed by atoms with Crippen molar-refractivity contribution in [2.45, 2.75) is 37.7 Å². The SMILES string of the molecule is CCN(CC)C(=O)n1cnc(S(=O)(=O)c2c(C)cn(C)c2C)n1. The van der Waals surface area contributed by atoms with Crippen molar-refractivity contribution in [2.75, 3.05) is 13.1 Å². The van der Waals surface area contributed by atoms with Gasteiger partial charge in [-0.3, -0.25) is 0 Å². The Morgan fingerprint density at radius 1 is 1.26 bits per heavy atom. The molecule has 0 saturated heterocycles. The molecule has 2 aromatic rings. The number of aryl methyl sites for hydroxylation is 2. The molecule has 0 saturated carbocycles. The number of aromatic nitrogens is 4. The summed E-state index contributed by atoms with van der Waals surface area (Å²) in [6, 6.07) is -0.398. The van der Waals surface area contributed by atoms with Crippen molar-refractivity contribution in [1.29, 1.82) is 0 Å². The third-order valence-corrected chi connectivity index (χ3v) is 5.64. The number of carbonyl (C=O) groups excluding carboxylic acids is 1. The first kappa shape index (κ1) is 17.2. The molecule has 0 radical (unpaired) electrons. The van der Waals surface area contributed by atoms with Gasteiger partial charge in [0.05, 0.1) is 4.90 Å². The summed E-state index contributed by atoms with van der Waals surface area (Å²) in [6.07, 6.45) is 2.88. The van der Waals surface area contributed by atoms with E-state index in [1.807, 2.05) is 13.8 Å². The third kappa shape index (κ3) is 2.88. The van der Waals surface area contributed by atoms with Crippen molar-refractivity contribution in [3.63, 3.8) is 0 Å². The Hall–Kier alpha value is -2.16. The van der Waals surface area contributed by atoms with E-state index in [4.69, 9.17) is 0 Å². The number of hydrogen-bond donors (Lipinski definition) is 0. The van der Waals surface area contributed by atoms with Crippen LogP contribution in [-0.4, -0.2) is 51.8 Å². The predicted octanol–water partition coefficient (Wildman–Crippen LogP) is 1.38. The van der Waals surface area contributed by atoms with Gasteiger partial charge in [-0.05, 0) is 33.3 Å². The maximum absolute atomic E-state index is 12.8. The zero-order valence-corrected chi connectivity index (χ0v) is 14.8. The minimum Gasteiger partial charge on any atom is -0.353 e. The lowest BCUT2D eigenvalue weighted by atomic mass is 10.3. The van der Waals surface area contributed by atoms with E-state index in [-0.39, 0.29) is 10.1 Å². The Labute approximate surface area is 135 Å². The van der Waals surface area contributed by atoms with E-state index < -0.39 is 15.9 Å². The fourth-order valence-corrected chi connectivity index (χ4v) is 4.06. The summed E-state index contributed by atoms with van der Waals surface area (Å²) in [4.78, 5) is 17.8. The van der Waals surface area contributed by atoms with Crippen molar-refractivity contribution in [2.24, 2.45) is 7.05 Å². The molecule has 0 aliphatic rings. The van der Waals surface area contributed by atoms with Crippen LogP contribution in [0.4, 0.5) is 4.79 Å². The Bertz CT molecular complexity index is 831. The second kappa shape index (κ2) is 6.15. The number of carbonyl (C=O) groups is 1. The number of rotatable bonds is 4. The molecule has 126 valence electrons. The van der Waals surface area contributed by atoms with Crippen LogP contribution < -0.4 is 0 Å². The minimum absolute atomic E-state index is 0.188. The van der Waals surface area contributed by atoms with Crippen molar-refractivity contribution in [1.82, 2.24) is 24.2 Å². The normalized spacial score (nSPS) is 11.7. The minimum atomic E-state index is -3.87. The van der Waals surface area contributed by atoms with Crippen LogP contribution in [0.2, 0.25) is 0 Å². The fraction of sp³-hybridized carbons (Fsp3) is 0.500. The third-order valence-electron chi connectivity index (χ3n) is 3.81. The van der Waals surface area contributed by atoms with Crippen molar-refractivity contribution in [3.8, 4) is 0 Å².